The van der Waals surface area contributed by atoms with Gasteiger partial charge in [-0.05, 0) is 31.1 Å². The number of hydrogen-bond donors (Lipinski definition) is 0. The average Bonchev–Trinajstić information content (AvgIpc) is 2.31. The summed E-state index contributed by atoms with van der Waals surface area (Å²) in [5.74, 6) is 1.72. The molecule has 0 heteroatoms. The maximum Gasteiger partial charge on any atom is -0.0234 e. The van der Waals surface area contributed by atoms with E-state index in [1.807, 2.05) is 0 Å². The summed E-state index contributed by atoms with van der Waals surface area (Å²) in [4.78, 5) is 0. The summed E-state index contributed by atoms with van der Waals surface area (Å²) in [5, 5.41) is 0. The number of allylic oxidation sites excluding steroid dienone is 1. The smallest absolute Gasteiger partial charge is 0.0234 e. The lowest BCUT2D eigenvalue weighted by Crippen LogP contribution is -2.01. The van der Waals surface area contributed by atoms with E-state index in [4.69, 9.17) is 0 Å². The van der Waals surface area contributed by atoms with Gasteiger partial charge in [0.25, 0.3) is 0 Å². The van der Waals surface area contributed by atoms with Crippen LogP contribution in [-0.2, 0) is 0 Å². The zero-order chi connectivity index (χ0) is 12.5. The molecule has 0 N–H and O–H groups in total. The monoisotopic (exact) mass is 236 g/mol. The van der Waals surface area contributed by atoms with E-state index in [0.717, 1.165) is 11.8 Å². The van der Waals surface area contributed by atoms with Gasteiger partial charge in [-0.1, -0.05) is 77.4 Å². The van der Waals surface area contributed by atoms with Crippen LogP contribution in [0.1, 0.15) is 84.5 Å². The Kier molecular flexibility index (Phi) is 7.64. The Hall–Kier alpha value is -0.260. The van der Waals surface area contributed by atoms with Gasteiger partial charge in [-0.25, -0.2) is 0 Å². The van der Waals surface area contributed by atoms with E-state index in [2.05, 4.69) is 20.4 Å². The van der Waals surface area contributed by atoms with Crippen LogP contribution in [0.25, 0.3) is 0 Å². The van der Waals surface area contributed by atoms with Crippen LogP contribution in [-0.4, -0.2) is 0 Å². The summed E-state index contributed by atoms with van der Waals surface area (Å²) in [6, 6.07) is 0. The van der Waals surface area contributed by atoms with Crippen molar-refractivity contribution in [1.82, 2.24) is 0 Å². The summed E-state index contributed by atoms with van der Waals surface area (Å²) in [7, 11) is 0. The predicted molar refractivity (Wildman–Crippen MR) is 78.3 cm³/mol. The maximum atomic E-state index is 4.28. The highest BCUT2D eigenvalue weighted by Gasteiger charge is 2.08. The molecule has 0 bridgehead atoms. The summed E-state index contributed by atoms with van der Waals surface area (Å²) in [6.45, 7) is 9.09. The van der Waals surface area contributed by atoms with Gasteiger partial charge >= 0.3 is 0 Å². The Morgan fingerprint density at radius 1 is 0.765 bits per heavy atom. The first-order valence-electron chi connectivity index (χ1n) is 7.88. The molecule has 1 saturated carbocycles. The van der Waals surface area contributed by atoms with Crippen LogP contribution in [0.15, 0.2) is 12.2 Å². The van der Waals surface area contributed by atoms with Crippen LogP contribution in [0, 0.1) is 11.8 Å². The predicted octanol–water partition coefficient (Wildman–Crippen LogP) is 6.12. The van der Waals surface area contributed by atoms with E-state index in [1.54, 1.807) is 0 Å². The van der Waals surface area contributed by atoms with Crippen molar-refractivity contribution < 1.29 is 0 Å². The number of hydrogen-bond acceptors (Lipinski definition) is 0. The molecule has 1 aliphatic carbocycles. The molecule has 0 aromatic carbocycles. The molecule has 0 aromatic heterocycles. The second-order valence-corrected chi connectivity index (χ2v) is 6.26. The van der Waals surface area contributed by atoms with Crippen LogP contribution in [0.5, 0.6) is 0 Å². The van der Waals surface area contributed by atoms with Crippen LogP contribution in [0.2, 0.25) is 0 Å². The molecule has 0 aliphatic heterocycles. The van der Waals surface area contributed by atoms with E-state index in [-0.39, 0.29) is 0 Å². The fourth-order valence-electron chi connectivity index (χ4n) is 2.91. The lowest BCUT2D eigenvalue weighted by Gasteiger charge is -2.16. The van der Waals surface area contributed by atoms with Crippen molar-refractivity contribution in [3.05, 3.63) is 12.2 Å². The number of rotatable bonds is 0. The Labute approximate surface area is 109 Å². The molecule has 2 atom stereocenters. The van der Waals surface area contributed by atoms with Gasteiger partial charge < -0.3 is 0 Å². The molecule has 0 saturated heterocycles. The van der Waals surface area contributed by atoms with Crippen LogP contribution < -0.4 is 0 Å². The highest BCUT2D eigenvalue weighted by atomic mass is 14.1. The molecule has 0 nitrogen and oxygen atoms in total. The molecule has 0 spiro atoms. The molecule has 0 aromatic rings. The third-order valence-electron chi connectivity index (χ3n) is 4.48. The van der Waals surface area contributed by atoms with Gasteiger partial charge in [0.05, 0.1) is 0 Å². The minimum absolute atomic E-state index is 0.761. The van der Waals surface area contributed by atoms with E-state index in [0.29, 0.717) is 0 Å². The largest absolute Gasteiger partial charge is 0.0996 e. The highest BCUT2D eigenvalue weighted by molar-refractivity contribution is 4.98. The van der Waals surface area contributed by atoms with Gasteiger partial charge in [-0.2, -0.15) is 0 Å². The Balaban J connectivity index is 2.30. The lowest BCUT2D eigenvalue weighted by molar-refractivity contribution is 0.423. The molecule has 2 unspecified atom stereocenters. The van der Waals surface area contributed by atoms with Crippen LogP contribution in [0.4, 0.5) is 0 Å². The average molecular weight is 236 g/mol. The van der Waals surface area contributed by atoms with Crippen molar-refractivity contribution in [2.45, 2.75) is 84.5 Å². The zero-order valence-corrected chi connectivity index (χ0v) is 12.1. The molecule has 1 aliphatic rings. The minimum Gasteiger partial charge on any atom is -0.0996 e. The first-order chi connectivity index (χ1) is 8.20. The maximum absolute atomic E-state index is 4.28. The normalized spacial score (nSPS) is 30.8. The van der Waals surface area contributed by atoms with Crippen molar-refractivity contribution in [3.63, 3.8) is 0 Å². The van der Waals surface area contributed by atoms with Gasteiger partial charge in [0.15, 0.2) is 0 Å². The van der Waals surface area contributed by atoms with Gasteiger partial charge in [-0.15, -0.1) is 0 Å². The fourth-order valence-corrected chi connectivity index (χ4v) is 2.91. The van der Waals surface area contributed by atoms with Crippen molar-refractivity contribution in [2.24, 2.45) is 11.8 Å². The summed E-state index contributed by atoms with van der Waals surface area (Å²) in [6.07, 6.45) is 15.5. The van der Waals surface area contributed by atoms with Crippen molar-refractivity contribution in [3.8, 4) is 0 Å². The van der Waals surface area contributed by atoms with Gasteiger partial charge in [-0.3, -0.25) is 0 Å². The molecule has 1 fully saturated rings. The third kappa shape index (κ3) is 6.91. The minimum atomic E-state index is 0.761. The quantitative estimate of drug-likeness (QED) is 0.444. The standard InChI is InChI=1S/C17H32/c1-15-11-7-4-5-9-13-16(2)17(3)14-10-6-8-12-15/h15-16H,3-14H2,1-2H3. The van der Waals surface area contributed by atoms with Gasteiger partial charge in [0.1, 0.15) is 0 Å². The van der Waals surface area contributed by atoms with E-state index in [1.165, 1.54) is 76.2 Å². The first kappa shape index (κ1) is 14.8. The first-order valence-corrected chi connectivity index (χ1v) is 7.88. The Bertz CT molecular complexity index is 204. The molecule has 0 heterocycles. The van der Waals surface area contributed by atoms with E-state index < -0.39 is 0 Å². The lowest BCUT2D eigenvalue weighted by atomic mass is 9.90. The van der Waals surface area contributed by atoms with Crippen molar-refractivity contribution >= 4 is 0 Å². The van der Waals surface area contributed by atoms with E-state index >= 15 is 0 Å². The second kappa shape index (κ2) is 8.78. The Morgan fingerprint density at radius 2 is 1.29 bits per heavy atom. The molecular formula is C17H32. The molecule has 100 valence electrons. The molecule has 1 rings (SSSR count). The Morgan fingerprint density at radius 3 is 1.94 bits per heavy atom. The summed E-state index contributed by atoms with van der Waals surface area (Å²) in [5.41, 5.74) is 1.51. The SMILES string of the molecule is C=C1CCCCCC(C)CCCCCCC1C. The third-order valence-corrected chi connectivity index (χ3v) is 4.48. The molecule has 17 heavy (non-hydrogen) atoms. The van der Waals surface area contributed by atoms with Crippen LogP contribution in [0.3, 0.4) is 0 Å². The van der Waals surface area contributed by atoms with Gasteiger partial charge in [0.2, 0.25) is 0 Å². The summed E-state index contributed by atoms with van der Waals surface area (Å²) < 4.78 is 0. The fraction of sp³-hybridized carbons (Fsp3) is 0.882. The molecule has 0 amide bonds. The summed E-state index contributed by atoms with van der Waals surface area (Å²) >= 11 is 0. The molecular weight excluding hydrogens is 204 g/mol. The zero-order valence-electron chi connectivity index (χ0n) is 12.1. The molecule has 0 radical (unpaired) electrons. The van der Waals surface area contributed by atoms with Crippen molar-refractivity contribution in [2.75, 3.05) is 0 Å². The topological polar surface area (TPSA) is 0 Å². The second-order valence-electron chi connectivity index (χ2n) is 6.26. The van der Waals surface area contributed by atoms with Crippen molar-refractivity contribution in [1.29, 1.82) is 0 Å². The van der Waals surface area contributed by atoms with Crippen LogP contribution >= 0.6 is 0 Å². The highest BCUT2D eigenvalue weighted by Crippen LogP contribution is 2.24. The van der Waals surface area contributed by atoms with Gasteiger partial charge in [0, 0.05) is 0 Å². The van der Waals surface area contributed by atoms with E-state index in [9.17, 15) is 0 Å².